The number of ether oxygens (including phenoxy) is 1. The minimum Gasteiger partial charge on any atom is -0.483 e. The maximum Gasteiger partial charge on any atom is 0.260 e. The van der Waals surface area contributed by atoms with Crippen molar-refractivity contribution in [2.75, 3.05) is 33.3 Å². The summed E-state index contributed by atoms with van der Waals surface area (Å²) < 4.78 is 5.83. The number of hydrogen-bond donors (Lipinski definition) is 1. The Labute approximate surface area is 133 Å². The largest absolute Gasteiger partial charge is 0.483 e. The zero-order valence-electron chi connectivity index (χ0n) is 14.2. The van der Waals surface area contributed by atoms with Crippen LogP contribution in [0.1, 0.15) is 32.8 Å². The van der Waals surface area contributed by atoms with Gasteiger partial charge in [0.15, 0.2) is 6.61 Å². The number of benzene rings is 1. The number of rotatable bonds is 5. The minimum atomic E-state index is 0.00513. The first-order valence-electron chi connectivity index (χ1n) is 8.06. The third-order valence-electron chi connectivity index (χ3n) is 4.18. The van der Waals surface area contributed by atoms with Crippen LogP contribution in [-0.4, -0.2) is 44.1 Å². The lowest BCUT2D eigenvalue weighted by Crippen LogP contribution is -2.34. The summed E-state index contributed by atoms with van der Waals surface area (Å²) >= 11 is 0. The van der Waals surface area contributed by atoms with Crippen LogP contribution < -0.4 is 10.1 Å². The SMILES string of the molecule is CNC[C@H]1CCN(C(=O)COc2ccccc2C(C)(C)C)C1. The molecular formula is C18H28N2O2. The van der Waals surface area contributed by atoms with Crippen LogP contribution >= 0.6 is 0 Å². The molecule has 2 rings (SSSR count). The summed E-state index contributed by atoms with van der Waals surface area (Å²) in [6, 6.07) is 7.98. The first-order valence-corrected chi connectivity index (χ1v) is 8.06. The van der Waals surface area contributed by atoms with E-state index < -0.39 is 0 Å². The van der Waals surface area contributed by atoms with Crippen molar-refractivity contribution in [3.05, 3.63) is 29.8 Å². The normalized spacial score (nSPS) is 18.5. The first kappa shape index (κ1) is 16.8. The lowest BCUT2D eigenvalue weighted by Gasteiger charge is -2.23. The van der Waals surface area contributed by atoms with E-state index in [-0.39, 0.29) is 17.9 Å². The summed E-state index contributed by atoms with van der Waals surface area (Å²) in [4.78, 5) is 14.2. The summed E-state index contributed by atoms with van der Waals surface area (Å²) in [6.07, 6.45) is 1.07. The highest BCUT2D eigenvalue weighted by Gasteiger charge is 2.26. The van der Waals surface area contributed by atoms with Gasteiger partial charge in [0, 0.05) is 13.1 Å². The van der Waals surface area contributed by atoms with Crippen LogP contribution in [0.15, 0.2) is 24.3 Å². The topological polar surface area (TPSA) is 41.6 Å². The van der Waals surface area contributed by atoms with Crippen molar-refractivity contribution in [1.29, 1.82) is 0 Å². The molecule has 0 aromatic heterocycles. The number of carbonyl (C=O) groups is 1. The van der Waals surface area contributed by atoms with Crippen molar-refractivity contribution in [2.45, 2.75) is 32.6 Å². The van der Waals surface area contributed by atoms with Gasteiger partial charge in [-0.15, -0.1) is 0 Å². The highest BCUT2D eigenvalue weighted by Crippen LogP contribution is 2.31. The van der Waals surface area contributed by atoms with Gasteiger partial charge < -0.3 is 15.0 Å². The monoisotopic (exact) mass is 304 g/mol. The van der Waals surface area contributed by atoms with Gasteiger partial charge in [0.1, 0.15) is 5.75 Å². The van der Waals surface area contributed by atoms with Gasteiger partial charge in [-0.1, -0.05) is 39.0 Å². The van der Waals surface area contributed by atoms with Crippen LogP contribution in [0.5, 0.6) is 5.75 Å². The third kappa shape index (κ3) is 4.23. The molecule has 4 nitrogen and oxygen atoms in total. The van der Waals surface area contributed by atoms with Crippen molar-refractivity contribution < 1.29 is 9.53 Å². The van der Waals surface area contributed by atoms with E-state index in [0.717, 1.165) is 37.4 Å². The number of nitrogens with zero attached hydrogens (tertiary/aromatic N) is 1. The van der Waals surface area contributed by atoms with Crippen LogP contribution in [0.4, 0.5) is 0 Å². The molecule has 1 amide bonds. The molecule has 0 radical (unpaired) electrons. The van der Waals surface area contributed by atoms with E-state index in [0.29, 0.717) is 5.92 Å². The number of nitrogens with one attached hydrogen (secondary N) is 1. The fourth-order valence-electron chi connectivity index (χ4n) is 2.96. The second kappa shape index (κ2) is 7.14. The standard InChI is InChI=1S/C18H28N2O2/c1-18(2,3)15-7-5-6-8-16(15)22-13-17(21)20-10-9-14(12-20)11-19-4/h5-8,14,19H,9-13H2,1-4H3/t14-/m1/s1. The number of para-hydroxylation sites is 1. The predicted molar refractivity (Wildman–Crippen MR) is 89.3 cm³/mol. The van der Waals surface area contributed by atoms with Gasteiger partial charge in [-0.3, -0.25) is 4.79 Å². The summed E-state index contributed by atoms with van der Waals surface area (Å²) in [5, 5.41) is 3.18. The molecule has 1 aliphatic heterocycles. The summed E-state index contributed by atoms with van der Waals surface area (Å²) in [5.41, 5.74) is 1.14. The van der Waals surface area contributed by atoms with E-state index in [1.54, 1.807) is 0 Å². The molecule has 1 aromatic carbocycles. The molecule has 1 heterocycles. The van der Waals surface area contributed by atoms with Crippen molar-refractivity contribution >= 4 is 5.91 Å². The Morgan fingerprint density at radius 2 is 2.09 bits per heavy atom. The van der Waals surface area contributed by atoms with Crippen LogP contribution in [0.3, 0.4) is 0 Å². The summed E-state index contributed by atoms with van der Waals surface area (Å²) in [7, 11) is 1.96. The van der Waals surface area contributed by atoms with E-state index in [1.807, 2.05) is 30.1 Å². The summed E-state index contributed by atoms with van der Waals surface area (Å²) in [5.74, 6) is 1.47. The van der Waals surface area contributed by atoms with Gasteiger partial charge >= 0.3 is 0 Å². The van der Waals surface area contributed by atoms with Crippen molar-refractivity contribution in [3.63, 3.8) is 0 Å². The number of carbonyl (C=O) groups excluding carboxylic acids is 1. The molecule has 1 atom stereocenters. The fourth-order valence-corrected chi connectivity index (χ4v) is 2.96. The smallest absolute Gasteiger partial charge is 0.260 e. The Bertz CT molecular complexity index is 508. The van der Waals surface area contributed by atoms with Gasteiger partial charge in [-0.05, 0) is 43.0 Å². The fraction of sp³-hybridized carbons (Fsp3) is 0.611. The second-order valence-corrected chi connectivity index (χ2v) is 7.09. The molecule has 4 heteroatoms. The number of hydrogen-bond acceptors (Lipinski definition) is 3. The Morgan fingerprint density at radius 3 is 2.77 bits per heavy atom. The molecule has 1 aliphatic rings. The zero-order valence-corrected chi connectivity index (χ0v) is 14.2. The van der Waals surface area contributed by atoms with E-state index in [2.05, 4.69) is 32.2 Å². The maximum atomic E-state index is 12.3. The van der Waals surface area contributed by atoms with Gasteiger partial charge in [-0.2, -0.15) is 0 Å². The molecule has 22 heavy (non-hydrogen) atoms. The van der Waals surface area contributed by atoms with E-state index in [4.69, 9.17) is 4.74 Å². The lowest BCUT2D eigenvalue weighted by molar-refractivity contribution is -0.132. The molecule has 1 aromatic rings. The van der Waals surface area contributed by atoms with Crippen molar-refractivity contribution in [2.24, 2.45) is 5.92 Å². The molecule has 1 saturated heterocycles. The molecule has 0 bridgehead atoms. The maximum absolute atomic E-state index is 12.3. The molecule has 0 spiro atoms. The highest BCUT2D eigenvalue weighted by atomic mass is 16.5. The van der Waals surface area contributed by atoms with Gasteiger partial charge in [0.2, 0.25) is 0 Å². The zero-order chi connectivity index (χ0) is 16.2. The molecule has 0 aliphatic carbocycles. The quantitative estimate of drug-likeness (QED) is 0.908. The lowest BCUT2D eigenvalue weighted by atomic mass is 9.86. The summed E-state index contributed by atoms with van der Waals surface area (Å²) in [6.45, 7) is 9.23. The number of amides is 1. The molecule has 1 fully saturated rings. The van der Waals surface area contributed by atoms with E-state index in [9.17, 15) is 4.79 Å². The van der Waals surface area contributed by atoms with Crippen molar-refractivity contribution in [1.82, 2.24) is 10.2 Å². The Kier molecular flexibility index (Phi) is 5.46. The van der Waals surface area contributed by atoms with Crippen LogP contribution in [0.2, 0.25) is 0 Å². The van der Waals surface area contributed by atoms with Gasteiger partial charge in [0.05, 0.1) is 0 Å². The Hall–Kier alpha value is -1.55. The van der Waals surface area contributed by atoms with Crippen molar-refractivity contribution in [3.8, 4) is 5.75 Å². The first-order chi connectivity index (χ1) is 10.4. The predicted octanol–water partition coefficient (Wildman–Crippen LogP) is 2.43. The molecular weight excluding hydrogens is 276 g/mol. The average molecular weight is 304 g/mol. The van der Waals surface area contributed by atoms with Crippen LogP contribution in [0, 0.1) is 5.92 Å². The Morgan fingerprint density at radius 1 is 1.36 bits per heavy atom. The minimum absolute atomic E-state index is 0.00513. The van der Waals surface area contributed by atoms with E-state index >= 15 is 0 Å². The molecule has 0 unspecified atom stereocenters. The Balaban J connectivity index is 1.92. The second-order valence-electron chi connectivity index (χ2n) is 7.09. The molecule has 122 valence electrons. The average Bonchev–Trinajstić information content (AvgIpc) is 2.93. The molecule has 0 saturated carbocycles. The molecule has 1 N–H and O–H groups in total. The van der Waals surface area contributed by atoms with Crippen LogP contribution in [-0.2, 0) is 10.2 Å². The van der Waals surface area contributed by atoms with Gasteiger partial charge in [-0.25, -0.2) is 0 Å². The van der Waals surface area contributed by atoms with Gasteiger partial charge in [0.25, 0.3) is 5.91 Å². The third-order valence-corrected chi connectivity index (χ3v) is 4.18. The highest BCUT2D eigenvalue weighted by molar-refractivity contribution is 5.78. The van der Waals surface area contributed by atoms with E-state index in [1.165, 1.54) is 0 Å². The number of likely N-dealkylation sites (tertiary alicyclic amines) is 1. The van der Waals surface area contributed by atoms with Crippen LogP contribution in [0.25, 0.3) is 0 Å².